The predicted octanol–water partition coefficient (Wildman–Crippen LogP) is 6.27. The fourth-order valence-electron chi connectivity index (χ4n) is 4.34. The van der Waals surface area contributed by atoms with Gasteiger partial charge in [-0.05, 0) is 74.4 Å². The number of hydrogen-bond acceptors (Lipinski definition) is 9. The minimum atomic E-state index is -4.03. The summed E-state index contributed by atoms with van der Waals surface area (Å²) < 4.78 is 58.5. The van der Waals surface area contributed by atoms with E-state index in [1.807, 2.05) is 5.01 Å². The predicted molar refractivity (Wildman–Crippen MR) is 171 cm³/mol. The van der Waals surface area contributed by atoms with Gasteiger partial charge in [0.2, 0.25) is 0 Å². The van der Waals surface area contributed by atoms with Crippen molar-refractivity contribution in [3.63, 3.8) is 0 Å². The van der Waals surface area contributed by atoms with Crippen LogP contribution in [0.5, 0.6) is 5.75 Å². The molecule has 1 aliphatic heterocycles. The van der Waals surface area contributed by atoms with E-state index in [0.717, 1.165) is 43.7 Å². The van der Waals surface area contributed by atoms with Gasteiger partial charge in [-0.25, -0.2) is 9.99 Å². The molecule has 44 heavy (non-hydrogen) atoms. The standard InChI is InChI=1S/C26H23Cl3N4O4S2.CH4O3S/c1-16-24(26(34)31-32-13-3-2-4-14-32)30-25(20-10-5-17(27)15-21(20)28)33(16)18-6-8-19(9-7-18)37-39(35,36)23-12-11-22(29)38-23;1-5(2,3)4/h5-12,15H,2-4,13-14H2,1H3,(H,31,34);1H3,(H,2,3,4). The number of amides is 1. The smallest absolute Gasteiger partial charge is 0.348 e. The van der Waals surface area contributed by atoms with E-state index in [1.54, 1.807) is 41.8 Å². The number of imidazole rings is 1. The molecule has 0 spiro atoms. The van der Waals surface area contributed by atoms with Crippen LogP contribution in [0.1, 0.15) is 35.4 Å². The number of carbonyl (C=O) groups is 1. The third-order valence-corrected chi connectivity index (χ3v) is 9.68. The monoisotopic (exact) mass is 720 g/mol. The lowest BCUT2D eigenvalue weighted by Gasteiger charge is -2.26. The van der Waals surface area contributed by atoms with E-state index >= 15 is 0 Å². The summed E-state index contributed by atoms with van der Waals surface area (Å²) in [5, 5.41) is 2.75. The zero-order valence-electron chi connectivity index (χ0n) is 23.3. The number of hydrogen-bond donors (Lipinski definition) is 2. The average molecular weight is 722 g/mol. The number of hydrazine groups is 1. The van der Waals surface area contributed by atoms with Crippen molar-refractivity contribution in [3.8, 4) is 22.8 Å². The number of benzene rings is 2. The first-order chi connectivity index (χ1) is 20.6. The van der Waals surface area contributed by atoms with Crippen molar-refractivity contribution in [3.05, 3.63) is 80.4 Å². The number of nitrogens with one attached hydrogen (secondary N) is 1. The number of nitrogens with zero attached hydrogens (tertiary/aromatic N) is 3. The molecule has 2 aromatic heterocycles. The van der Waals surface area contributed by atoms with Crippen LogP contribution in [0.4, 0.5) is 0 Å². The summed E-state index contributed by atoms with van der Waals surface area (Å²) in [4.78, 5) is 18.0. The molecule has 0 aliphatic carbocycles. The van der Waals surface area contributed by atoms with E-state index < -0.39 is 20.2 Å². The van der Waals surface area contributed by atoms with Crippen LogP contribution in [0.15, 0.2) is 58.8 Å². The Bertz CT molecular complexity index is 1860. The number of aromatic nitrogens is 2. The molecule has 3 heterocycles. The Morgan fingerprint density at radius 3 is 2.18 bits per heavy atom. The van der Waals surface area contributed by atoms with E-state index in [2.05, 4.69) is 5.43 Å². The molecule has 5 rings (SSSR count). The van der Waals surface area contributed by atoms with Crippen LogP contribution in [0.25, 0.3) is 17.1 Å². The Balaban J connectivity index is 0.000000818. The third kappa shape index (κ3) is 8.95. The Morgan fingerprint density at radius 2 is 1.61 bits per heavy atom. The Hall–Kier alpha value is -2.69. The lowest BCUT2D eigenvalue weighted by molar-refractivity contribution is 0.0744. The Morgan fingerprint density at radius 1 is 0.977 bits per heavy atom. The molecule has 0 radical (unpaired) electrons. The second-order valence-corrected chi connectivity index (χ2v) is 15.4. The first-order valence-electron chi connectivity index (χ1n) is 13.0. The molecule has 11 nitrogen and oxygen atoms in total. The Labute approximate surface area is 274 Å². The molecule has 0 bridgehead atoms. The SMILES string of the molecule is CS(=O)(=O)O.Cc1c(C(=O)NN2CCCCC2)nc(-c2ccc(Cl)cc2Cl)n1-c1ccc(OS(=O)(=O)c2ccc(Cl)s2)cc1. The zero-order chi connectivity index (χ0) is 32.2. The highest BCUT2D eigenvalue weighted by Gasteiger charge is 2.25. The van der Waals surface area contributed by atoms with Crippen molar-refractivity contribution in [1.82, 2.24) is 20.0 Å². The molecule has 17 heteroatoms. The van der Waals surface area contributed by atoms with Crippen LogP contribution in [0, 0.1) is 6.92 Å². The van der Waals surface area contributed by atoms with Gasteiger partial charge in [0.25, 0.3) is 16.0 Å². The minimum absolute atomic E-state index is 0.00561. The van der Waals surface area contributed by atoms with E-state index in [4.69, 9.17) is 48.5 Å². The molecule has 4 aromatic rings. The highest BCUT2D eigenvalue weighted by Crippen LogP contribution is 2.34. The van der Waals surface area contributed by atoms with Gasteiger partial charge in [0, 0.05) is 29.4 Å². The molecule has 1 fully saturated rings. The lowest BCUT2D eigenvalue weighted by atomic mass is 10.2. The average Bonchev–Trinajstić information content (AvgIpc) is 3.52. The Kier molecular flexibility index (Phi) is 11.0. The molecular weight excluding hydrogens is 695 g/mol. The van der Waals surface area contributed by atoms with Crippen LogP contribution >= 0.6 is 46.1 Å². The van der Waals surface area contributed by atoms with Gasteiger partial charge in [0.1, 0.15) is 11.6 Å². The van der Waals surface area contributed by atoms with Crippen molar-refractivity contribution < 1.29 is 30.4 Å². The van der Waals surface area contributed by atoms with Crippen LogP contribution < -0.4 is 9.61 Å². The van der Waals surface area contributed by atoms with Crippen molar-refractivity contribution in [1.29, 1.82) is 0 Å². The highest BCUT2D eigenvalue weighted by molar-refractivity contribution is 7.89. The van der Waals surface area contributed by atoms with Crippen molar-refractivity contribution >= 4 is 72.3 Å². The van der Waals surface area contributed by atoms with Crippen molar-refractivity contribution in [2.24, 2.45) is 0 Å². The zero-order valence-corrected chi connectivity index (χ0v) is 28.0. The summed E-state index contributed by atoms with van der Waals surface area (Å²) in [6.45, 7) is 3.35. The number of carbonyl (C=O) groups excluding carboxylic acids is 1. The van der Waals surface area contributed by atoms with Crippen LogP contribution in [-0.2, 0) is 20.2 Å². The maximum absolute atomic E-state index is 13.3. The van der Waals surface area contributed by atoms with Gasteiger partial charge in [-0.15, -0.1) is 11.3 Å². The molecule has 1 aliphatic rings. The third-order valence-electron chi connectivity index (χ3n) is 6.21. The second kappa shape index (κ2) is 14.2. The molecule has 0 saturated carbocycles. The fourth-order valence-corrected chi connectivity index (χ4v) is 7.20. The molecule has 2 aromatic carbocycles. The van der Waals surface area contributed by atoms with Gasteiger partial charge in [-0.1, -0.05) is 41.2 Å². The van der Waals surface area contributed by atoms with Crippen molar-refractivity contribution in [2.45, 2.75) is 30.4 Å². The van der Waals surface area contributed by atoms with Crippen LogP contribution in [-0.4, -0.2) is 61.2 Å². The molecule has 0 atom stereocenters. The number of rotatable bonds is 7. The van der Waals surface area contributed by atoms with Gasteiger partial charge in [-0.3, -0.25) is 19.3 Å². The normalized spacial score (nSPS) is 14.0. The summed E-state index contributed by atoms with van der Waals surface area (Å²) in [5.41, 5.74) is 5.01. The van der Waals surface area contributed by atoms with Gasteiger partial charge in [-0.2, -0.15) is 16.8 Å². The minimum Gasteiger partial charge on any atom is -0.378 e. The van der Waals surface area contributed by atoms with Crippen LogP contribution in [0.2, 0.25) is 14.4 Å². The topological polar surface area (TPSA) is 148 Å². The van der Waals surface area contributed by atoms with E-state index in [0.29, 0.717) is 43.4 Å². The highest BCUT2D eigenvalue weighted by atomic mass is 35.5. The first-order valence-corrected chi connectivity index (χ1v) is 18.2. The van der Waals surface area contributed by atoms with Gasteiger partial charge < -0.3 is 4.18 Å². The quantitative estimate of drug-likeness (QED) is 0.166. The molecule has 1 amide bonds. The molecular formula is C27H27Cl3N4O7S3. The van der Waals surface area contributed by atoms with Crippen molar-refractivity contribution in [2.75, 3.05) is 19.3 Å². The number of thiophene rings is 1. The maximum Gasteiger partial charge on any atom is 0.348 e. The summed E-state index contributed by atoms with van der Waals surface area (Å²) in [5.74, 6) is 0.239. The maximum atomic E-state index is 13.3. The van der Waals surface area contributed by atoms with E-state index in [-0.39, 0.29) is 21.6 Å². The summed E-state index contributed by atoms with van der Waals surface area (Å²) in [6, 6.07) is 14.4. The van der Waals surface area contributed by atoms with E-state index in [1.165, 1.54) is 24.3 Å². The second-order valence-electron chi connectivity index (χ2n) is 9.64. The number of halogens is 3. The molecule has 1 saturated heterocycles. The molecule has 2 N–H and O–H groups in total. The van der Waals surface area contributed by atoms with Gasteiger partial charge in [0.05, 0.1) is 21.3 Å². The lowest BCUT2D eigenvalue weighted by Crippen LogP contribution is -2.45. The summed E-state index contributed by atoms with van der Waals surface area (Å²) in [6.07, 6.45) is 3.89. The fraction of sp³-hybridized carbons (Fsp3) is 0.259. The largest absolute Gasteiger partial charge is 0.378 e. The van der Waals surface area contributed by atoms with Crippen LogP contribution in [0.3, 0.4) is 0 Å². The summed E-state index contributed by atoms with van der Waals surface area (Å²) in [7, 11) is -7.70. The molecule has 0 unspecified atom stereocenters. The molecule has 236 valence electrons. The first kappa shape index (κ1) is 34.2. The van der Waals surface area contributed by atoms with Gasteiger partial charge >= 0.3 is 10.1 Å². The van der Waals surface area contributed by atoms with E-state index in [9.17, 15) is 21.6 Å². The number of piperidine rings is 1. The summed E-state index contributed by atoms with van der Waals surface area (Å²) >= 11 is 19.4. The van der Waals surface area contributed by atoms with Gasteiger partial charge in [0.15, 0.2) is 9.90 Å².